The molecule has 0 aromatic heterocycles. The smallest absolute Gasteiger partial charge is 0.220 e. The van der Waals surface area contributed by atoms with E-state index in [2.05, 4.69) is 39.4 Å². The van der Waals surface area contributed by atoms with Crippen LogP contribution < -0.4 is 10.2 Å². The van der Waals surface area contributed by atoms with E-state index < -0.39 is 0 Å². The molecule has 1 fully saturated rings. The molecule has 1 amide bonds. The van der Waals surface area contributed by atoms with Gasteiger partial charge in [0.05, 0.1) is 11.7 Å². The Balaban J connectivity index is 0.00000193. The lowest BCUT2D eigenvalue weighted by atomic mass is 9.87. The molecule has 0 saturated carbocycles. The van der Waals surface area contributed by atoms with E-state index in [4.69, 9.17) is 0 Å². The second kappa shape index (κ2) is 13.7. The maximum Gasteiger partial charge on any atom is 0.220 e. The zero-order valence-electron chi connectivity index (χ0n) is 19.2. The molecule has 0 spiro atoms. The van der Waals surface area contributed by atoms with E-state index >= 15 is 0 Å². The summed E-state index contributed by atoms with van der Waals surface area (Å²) in [6, 6.07) is 16.3. The van der Waals surface area contributed by atoms with Gasteiger partial charge in [-0.2, -0.15) is 0 Å². The first kappa shape index (κ1) is 27.3. The number of piperazine rings is 1. The summed E-state index contributed by atoms with van der Waals surface area (Å²) < 4.78 is 0. The number of carbonyl (C=O) groups excluding carboxylic acids is 1. The Morgan fingerprint density at radius 1 is 0.939 bits per heavy atom. The van der Waals surface area contributed by atoms with Crippen molar-refractivity contribution in [2.45, 2.75) is 51.0 Å². The molecule has 1 atom stereocenters. The van der Waals surface area contributed by atoms with Gasteiger partial charge in [0, 0.05) is 32.6 Å². The summed E-state index contributed by atoms with van der Waals surface area (Å²) in [6.07, 6.45) is 7.14. The van der Waals surface area contributed by atoms with Crippen molar-refractivity contribution in [3.05, 3.63) is 59.7 Å². The van der Waals surface area contributed by atoms with E-state index in [1.807, 2.05) is 18.2 Å². The van der Waals surface area contributed by atoms with Gasteiger partial charge in [-0.1, -0.05) is 42.8 Å². The van der Waals surface area contributed by atoms with Crippen LogP contribution in [0, 0.1) is 0 Å². The van der Waals surface area contributed by atoms with Crippen LogP contribution in [0.4, 0.5) is 5.69 Å². The van der Waals surface area contributed by atoms with E-state index in [0.29, 0.717) is 12.2 Å². The highest BCUT2D eigenvalue weighted by Crippen LogP contribution is 2.29. The van der Waals surface area contributed by atoms with Gasteiger partial charge >= 0.3 is 0 Å². The number of hydrogen-bond acceptors (Lipinski definition) is 4. The molecule has 1 aliphatic heterocycles. The number of halogens is 2. The van der Waals surface area contributed by atoms with Crippen LogP contribution in [-0.4, -0.2) is 48.6 Å². The normalized spacial score (nSPS) is 17.9. The van der Waals surface area contributed by atoms with E-state index in [1.54, 1.807) is 6.07 Å². The SMILES string of the molecule is Cl.Cl.O=C(CCCCCN1CCN(c2ccccc2O)CC1)NC1CCCc2ccccc21. The molecular weight excluding hydrogens is 457 g/mol. The number of rotatable bonds is 8. The first-order valence-corrected chi connectivity index (χ1v) is 11.8. The fourth-order valence-corrected chi connectivity index (χ4v) is 4.91. The number of carbonyl (C=O) groups is 1. The van der Waals surface area contributed by atoms with Crippen molar-refractivity contribution in [2.75, 3.05) is 37.6 Å². The average Bonchev–Trinajstić information content (AvgIpc) is 2.80. The highest BCUT2D eigenvalue weighted by molar-refractivity contribution is 5.85. The summed E-state index contributed by atoms with van der Waals surface area (Å²) >= 11 is 0. The zero-order chi connectivity index (χ0) is 21.5. The number of unbranched alkanes of at least 4 members (excludes halogenated alkanes) is 2. The first-order chi connectivity index (χ1) is 15.2. The number of fused-ring (bicyclic) bond motifs is 1. The standard InChI is InChI=1S/C26H35N3O2.2ClH/c30-25-14-6-5-13-24(25)29-19-17-28(18-20-29)16-7-1-2-15-26(31)27-23-12-8-10-21-9-3-4-11-22(21)23;;/h3-6,9,11,13-14,23,30H,1-2,7-8,10,12,15-20H2,(H,27,31);2*1H. The lowest BCUT2D eigenvalue weighted by Crippen LogP contribution is -2.46. The van der Waals surface area contributed by atoms with Gasteiger partial charge in [0.25, 0.3) is 0 Å². The third-order valence-corrected chi connectivity index (χ3v) is 6.68. The van der Waals surface area contributed by atoms with Crippen molar-refractivity contribution < 1.29 is 9.90 Å². The van der Waals surface area contributed by atoms with Gasteiger partial charge in [0.1, 0.15) is 5.75 Å². The Hall–Kier alpha value is -1.95. The van der Waals surface area contributed by atoms with E-state index in [1.165, 1.54) is 11.1 Å². The fourth-order valence-electron chi connectivity index (χ4n) is 4.91. The minimum Gasteiger partial charge on any atom is -0.506 e. The van der Waals surface area contributed by atoms with Crippen molar-refractivity contribution >= 4 is 36.4 Å². The second-order valence-electron chi connectivity index (χ2n) is 8.84. The van der Waals surface area contributed by atoms with Crippen LogP contribution in [0.25, 0.3) is 0 Å². The number of hydrogen-bond donors (Lipinski definition) is 2. The second-order valence-corrected chi connectivity index (χ2v) is 8.84. The fraction of sp³-hybridized carbons (Fsp3) is 0.500. The van der Waals surface area contributed by atoms with Gasteiger partial charge in [-0.3, -0.25) is 9.69 Å². The summed E-state index contributed by atoms with van der Waals surface area (Å²) in [5.41, 5.74) is 3.64. The third-order valence-electron chi connectivity index (χ3n) is 6.68. The Morgan fingerprint density at radius 3 is 2.45 bits per heavy atom. The number of para-hydroxylation sites is 2. The zero-order valence-corrected chi connectivity index (χ0v) is 20.9. The van der Waals surface area contributed by atoms with Gasteiger partial charge in [-0.25, -0.2) is 0 Å². The van der Waals surface area contributed by atoms with Crippen LogP contribution in [0.2, 0.25) is 0 Å². The monoisotopic (exact) mass is 493 g/mol. The van der Waals surface area contributed by atoms with E-state index in [0.717, 1.165) is 76.9 Å². The Labute approximate surface area is 210 Å². The maximum absolute atomic E-state index is 12.4. The lowest BCUT2D eigenvalue weighted by molar-refractivity contribution is -0.122. The van der Waals surface area contributed by atoms with Crippen LogP contribution >= 0.6 is 24.8 Å². The highest BCUT2D eigenvalue weighted by atomic mass is 35.5. The molecule has 7 heteroatoms. The number of nitrogens with zero attached hydrogens (tertiary/aromatic N) is 2. The number of phenolic OH excluding ortho intramolecular Hbond substituents is 1. The Kier molecular flexibility index (Phi) is 11.3. The Bertz CT molecular complexity index is 872. The highest BCUT2D eigenvalue weighted by Gasteiger charge is 2.21. The van der Waals surface area contributed by atoms with Crippen LogP contribution in [0.1, 0.15) is 55.7 Å². The molecule has 1 saturated heterocycles. The lowest BCUT2D eigenvalue weighted by Gasteiger charge is -2.36. The molecule has 0 bridgehead atoms. The minimum atomic E-state index is 0. The summed E-state index contributed by atoms with van der Waals surface area (Å²) in [5.74, 6) is 0.559. The molecule has 33 heavy (non-hydrogen) atoms. The van der Waals surface area contributed by atoms with Crippen molar-refractivity contribution in [1.82, 2.24) is 10.2 Å². The number of phenols is 1. The van der Waals surface area contributed by atoms with E-state index in [9.17, 15) is 9.90 Å². The summed E-state index contributed by atoms with van der Waals surface area (Å²) in [7, 11) is 0. The number of anilines is 1. The first-order valence-electron chi connectivity index (χ1n) is 11.8. The van der Waals surface area contributed by atoms with Crippen LogP contribution in [0.5, 0.6) is 5.75 Å². The van der Waals surface area contributed by atoms with Gasteiger partial charge in [-0.05, 0) is 61.9 Å². The molecule has 1 aliphatic carbocycles. The average molecular weight is 495 g/mol. The third kappa shape index (κ3) is 7.53. The van der Waals surface area contributed by atoms with Crippen molar-refractivity contribution in [3.63, 3.8) is 0 Å². The quantitative estimate of drug-likeness (QED) is 0.501. The predicted molar refractivity (Wildman–Crippen MR) is 140 cm³/mol. The van der Waals surface area contributed by atoms with Crippen molar-refractivity contribution in [2.24, 2.45) is 0 Å². The van der Waals surface area contributed by atoms with Gasteiger partial charge < -0.3 is 15.3 Å². The van der Waals surface area contributed by atoms with Gasteiger partial charge in [0.2, 0.25) is 5.91 Å². The number of aromatic hydroxyl groups is 1. The summed E-state index contributed by atoms with van der Waals surface area (Å²) in [4.78, 5) is 17.2. The van der Waals surface area contributed by atoms with Gasteiger partial charge in [0.15, 0.2) is 0 Å². The molecule has 1 heterocycles. The molecule has 2 N–H and O–H groups in total. The molecule has 2 aromatic carbocycles. The van der Waals surface area contributed by atoms with Crippen LogP contribution in [-0.2, 0) is 11.2 Å². The molecule has 1 unspecified atom stereocenters. The summed E-state index contributed by atoms with van der Waals surface area (Å²) in [6.45, 7) is 5.03. The minimum absolute atomic E-state index is 0. The molecule has 2 aliphatic rings. The molecule has 182 valence electrons. The van der Waals surface area contributed by atoms with Gasteiger partial charge in [-0.15, -0.1) is 24.8 Å². The molecule has 0 radical (unpaired) electrons. The number of benzene rings is 2. The Morgan fingerprint density at radius 2 is 1.67 bits per heavy atom. The maximum atomic E-state index is 12.4. The topological polar surface area (TPSA) is 55.8 Å². The summed E-state index contributed by atoms with van der Waals surface area (Å²) in [5, 5.41) is 13.3. The number of amides is 1. The van der Waals surface area contributed by atoms with Crippen molar-refractivity contribution in [3.8, 4) is 5.75 Å². The van der Waals surface area contributed by atoms with Crippen LogP contribution in [0.3, 0.4) is 0 Å². The molecular formula is C26H37Cl2N3O2. The molecule has 5 nitrogen and oxygen atoms in total. The van der Waals surface area contributed by atoms with E-state index in [-0.39, 0.29) is 36.8 Å². The molecule has 4 rings (SSSR count). The number of nitrogens with one attached hydrogen (secondary N) is 1. The molecule has 2 aromatic rings. The van der Waals surface area contributed by atoms with Crippen molar-refractivity contribution in [1.29, 1.82) is 0 Å². The number of aryl methyl sites for hydroxylation is 1. The largest absolute Gasteiger partial charge is 0.506 e. The van der Waals surface area contributed by atoms with Crippen LogP contribution in [0.15, 0.2) is 48.5 Å². The predicted octanol–water partition coefficient (Wildman–Crippen LogP) is 5.11.